The zero-order valence-corrected chi connectivity index (χ0v) is 23.0. The van der Waals surface area contributed by atoms with Crippen molar-refractivity contribution in [2.45, 2.75) is 19.8 Å². The van der Waals surface area contributed by atoms with Gasteiger partial charge in [-0.15, -0.1) is 0 Å². The van der Waals surface area contributed by atoms with Gasteiger partial charge in [-0.2, -0.15) is 0 Å². The molecule has 4 rings (SSSR count). The van der Waals surface area contributed by atoms with Crippen molar-refractivity contribution < 1.29 is 23.8 Å². The highest BCUT2D eigenvalue weighted by Gasteiger charge is 2.38. The normalized spacial score (nSPS) is 18.2. The molecular weight excluding hydrogens is 506 g/mol. The Bertz CT molecular complexity index is 1230. The van der Waals surface area contributed by atoms with Crippen LogP contribution in [0.25, 0.3) is 0 Å². The number of piperazine rings is 1. The Balaban J connectivity index is 1.40. The van der Waals surface area contributed by atoms with Crippen LogP contribution in [0.1, 0.15) is 25.3 Å². The summed E-state index contributed by atoms with van der Waals surface area (Å²) in [5, 5.41) is 3.67. The molecule has 2 aromatic carbocycles. The molecule has 0 saturated carbocycles. The van der Waals surface area contributed by atoms with E-state index >= 15 is 0 Å². The highest BCUT2D eigenvalue weighted by molar-refractivity contribution is 6.30. The molecule has 1 fully saturated rings. The number of carbonyl (C=O) groups is 2. The van der Waals surface area contributed by atoms with Gasteiger partial charge in [-0.3, -0.25) is 4.90 Å². The number of allylic oxidation sites excluding steroid dienone is 2. The fourth-order valence-corrected chi connectivity index (χ4v) is 5.23. The van der Waals surface area contributed by atoms with Crippen LogP contribution in [-0.2, 0) is 19.1 Å². The summed E-state index contributed by atoms with van der Waals surface area (Å²) in [6.07, 6.45) is 0. The summed E-state index contributed by atoms with van der Waals surface area (Å²) < 4.78 is 16.1. The summed E-state index contributed by atoms with van der Waals surface area (Å²) in [5.74, 6) is -0.782. The second-order valence-corrected chi connectivity index (χ2v) is 9.78. The van der Waals surface area contributed by atoms with Crippen LogP contribution < -0.4 is 15.0 Å². The van der Waals surface area contributed by atoms with Crippen molar-refractivity contribution in [2.75, 3.05) is 58.5 Å². The Morgan fingerprint density at radius 1 is 0.947 bits per heavy atom. The Labute approximate surface area is 228 Å². The van der Waals surface area contributed by atoms with Gasteiger partial charge in [0.05, 0.1) is 31.3 Å². The van der Waals surface area contributed by atoms with Crippen molar-refractivity contribution in [3.63, 3.8) is 0 Å². The molecule has 0 aromatic heterocycles. The van der Waals surface area contributed by atoms with Crippen LogP contribution >= 0.6 is 11.6 Å². The van der Waals surface area contributed by atoms with E-state index in [1.807, 2.05) is 25.1 Å². The number of methoxy groups -OCH3 is 2. The molecule has 0 amide bonds. The van der Waals surface area contributed by atoms with Crippen molar-refractivity contribution in [1.82, 2.24) is 10.2 Å². The topological polar surface area (TPSA) is 80.3 Å². The number of hydrogen-bond acceptors (Lipinski definition) is 8. The second-order valence-electron chi connectivity index (χ2n) is 9.34. The molecule has 202 valence electrons. The number of dihydropyridines is 1. The monoisotopic (exact) mass is 539 g/mol. The van der Waals surface area contributed by atoms with E-state index in [9.17, 15) is 9.59 Å². The average molecular weight is 540 g/mol. The highest BCUT2D eigenvalue weighted by Crippen LogP contribution is 2.39. The average Bonchev–Trinajstić information content (AvgIpc) is 2.92. The van der Waals surface area contributed by atoms with Gasteiger partial charge in [0.25, 0.3) is 0 Å². The minimum atomic E-state index is -0.650. The number of hydrogen-bond donors (Lipinski definition) is 1. The third-order valence-corrected chi connectivity index (χ3v) is 7.25. The molecule has 0 bridgehead atoms. The van der Waals surface area contributed by atoms with Gasteiger partial charge >= 0.3 is 11.9 Å². The molecule has 2 heterocycles. The second kappa shape index (κ2) is 12.4. The van der Waals surface area contributed by atoms with Crippen molar-refractivity contribution in [2.24, 2.45) is 0 Å². The third kappa shape index (κ3) is 6.14. The highest BCUT2D eigenvalue weighted by atomic mass is 35.5. The SMILES string of the molecule is COC(=O)C1=C(C)NC(C)=C(C(=O)OCCN2CCN(c3ccc(OC)cc3)CC2)C1c1cccc(Cl)c1. The molecule has 8 nitrogen and oxygen atoms in total. The lowest BCUT2D eigenvalue weighted by Gasteiger charge is -2.36. The van der Waals surface area contributed by atoms with Crippen molar-refractivity contribution in [1.29, 1.82) is 0 Å². The fraction of sp³-hybridized carbons (Fsp3) is 0.379. The maximum atomic E-state index is 13.4. The molecule has 38 heavy (non-hydrogen) atoms. The van der Waals surface area contributed by atoms with E-state index < -0.39 is 17.9 Å². The Morgan fingerprint density at radius 3 is 2.21 bits per heavy atom. The van der Waals surface area contributed by atoms with Crippen LogP contribution in [0.4, 0.5) is 5.69 Å². The van der Waals surface area contributed by atoms with E-state index in [0.717, 1.165) is 37.5 Å². The Hall–Kier alpha value is -3.49. The smallest absolute Gasteiger partial charge is 0.336 e. The first-order valence-corrected chi connectivity index (χ1v) is 13.0. The molecular formula is C29H34ClN3O5. The number of halogens is 1. The van der Waals surface area contributed by atoms with Gasteiger partial charge < -0.3 is 24.4 Å². The molecule has 2 aliphatic heterocycles. The van der Waals surface area contributed by atoms with Gasteiger partial charge in [0.15, 0.2) is 0 Å². The first-order chi connectivity index (χ1) is 18.3. The van der Waals surface area contributed by atoms with Crippen LogP contribution in [0.15, 0.2) is 71.1 Å². The number of benzene rings is 2. The summed E-state index contributed by atoms with van der Waals surface area (Å²) in [7, 11) is 2.99. The number of ether oxygens (including phenoxy) is 3. The largest absolute Gasteiger partial charge is 0.497 e. The molecule has 0 aliphatic carbocycles. The molecule has 1 atom stereocenters. The summed E-state index contributed by atoms with van der Waals surface area (Å²) in [6.45, 7) is 7.98. The van der Waals surface area contributed by atoms with E-state index in [2.05, 4.69) is 27.2 Å². The van der Waals surface area contributed by atoms with Gasteiger partial charge in [0.2, 0.25) is 0 Å². The predicted octanol–water partition coefficient (Wildman–Crippen LogP) is 4.12. The summed E-state index contributed by atoms with van der Waals surface area (Å²) in [6, 6.07) is 15.2. The molecule has 0 spiro atoms. The zero-order chi connectivity index (χ0) is 27.2. The molecule has 1 unspecified atom stereocenters. The molecule has 1 saturated heterocycles. The van der Waals surface area contributed by atoms with E-state index in [-0.39, 0.29) is 6.61 Å². The van der Waals surface area contributed by atoms with Crippen molar-refractivity contribution in [3.05, 3.63) is 81.7 Å². The quantitative estimate of drug-likeness (QED) is 0.502. The fourth-order valence-electron chi connectivity index (χ4n) is 5.03. The van der Waals surface area contributed by atoms with Crippen molar-refractivity contribution in [3.8, 4) is 5.75 Å². The summed E-state index contributed by atoms with van der Waals surface area (Å²) in [5.41, 5.74) is 3.90. The standard InChI is InChI=1S/C29H34ClN3O5/c1-19-25(28(34)37-4)27(21-6-5-7-22(30)18-21)26(20(2)31-19)29(35)38-17-16-32-12-14-33(15-13-32)23-8-10-24(36-3)11-9-23/h5-11,18,27,31H,12-17H2,1-4H3. The first kappa shape index (κ1) is 27.5. The lowest BCUT2D eigenvalue weighted by atomic mass is 9.80. The number of rotatable bonds is 8. The minimum Gasteiger partial charge on any atom is -0.497 e. The molecule has 2 aromatic rings. The van der Waals surface area contributed by atoms with Crippen LogP contribution in [0, 0.1) is 0 Å². The molecule has 9 heteroatoms. The molecule has 0 radical (unpaired) electrons. The number of esters is 2. The van der Waals surface area contributed by atoms with Crippen LogP contribution in [0.2, 0.25) is 5.02 Å². The lowest BCUT2D eigenvalue weighted by Crippen LogP contribution is -2.47. The van der Waals surface area contributed by atoms with E-state index in [4.69, 9.17) is 25.8 Å². The van der Waals surface area contributed by atoms with Crippen LogP contribution in [-0.4, -0.2) is 70.4 Å². The number of carbonyl (C=O) groups excluding carboxylic acids is 2. The van der Waals surface area contributed by atoms with E-state index in [0.29, 0.717) is 34.1 Å². The zero-order valence-electron chi connectivity index (χ0n) is 22.3. The van der Waals surface area contributed by atoms with Gasteiger partial charge in [-0.25, -0.2) is 9.59 Å². The van der Waals surface area contributed by atoms with Gasteiger partial charge in [0.1, 0.15) is 12.4 Å². The first-order valence-electron chi connectivity index (χ1n) is 12.6. The van der Waals surface area contributed by atoms with Gasteiger partial charge in [-0.1, -0.05) is 23.7 Å². The van der Waals surface area contributed by atoms with Crippen molar-refractivity contribution >= 4 is 29.2 Å². The molecule has 1 N–H and O–H groups in total. The predicted molar refractivity (Wildman–Crippen MR) is 147 cm³/mol. The van der Waals surface area contributed by atoms with Crippen LogP contribution in [0.3, 0.4) is 0 Å². The molecule has 2 aliphatic rings. The van der Waals surface area contributed by atoms with E-state index in [1.54, 1.807) is 32.2 Å². The summed E-state index contributed by atoms with van der Waals surface area (Å²) in [4.78, 5) is 30.8. The third-order valence-electron chi connectivity index (χ3n) is 7.02. The summed E-state index contributed by atoms with van der Waals surface area (Å²) >= 11 is 6.26. The maximum absolute atomic E-state index is 13.4. The van der Waals surface area contributed by atoms with Gasteiger partial charge in [0, 0.05) is 54.8 Å². The maximum Gasteiger partial charge on any atom is 0.336 e. The van der Waals surface area contributed by atoms with E-state index in [1.165, 1.54) is 12.8 Å². The Morgan fingerprint density at radius 2 is 1.61 bits per heavy atom. The number of nitrogens with zero attached hydrogens (tertiary/aromatic N) is 2. The lowest BCUT2D eigenvalue weighted by molar-refractivity contribution is -0.140. The Kier molecular flexibility index (Phi) is 8.97. The van der Waals surface area contributed by atoms with Gasteiger partial charge in [-0.05, 0) is 55.8 Å². The number of anilines is 1. The van der Waals surface area contributed by atoms with Crippen LogP contribution in [0.5, 0.6) is 5.75 Å². The minimum absolute atomic E-state index is 0.247. The number of nitrogens with one attached hydrogen (secondary N) is 1.